The fraction of sp³-hybridized carbons (Fsp3) is 0.250. The van der Waals surface area contributed by atoms with Crippen LogP contribution in [0.2, 0.25) is 0 Å². The first-order valence-electron chi connectivity index (χ1n) is 46.6. The SMILES string of the molecule is [2H]c1c([2H])c([2H])c2c(c1[2H])c1c([2H])c([2H])c([2H])c([2H])c1n2-c1cccc2c1oc1c(N3c4cc(-n5c6ccc(C(C)(C)C)cc6c6cc(C(C)(C)C)ccc65)ccc4B4c5ccc(-c6cc(C(C)(C)C)cc(C(C)(C)C)c6)cc5N(c5cccc6c5oc5c(-n7c8ccc(C(C)(C)C)cc8c8cc(C(C)(C)C)ccc87)cccc56)c5cc(C(C)(C)C)cc3c54)cccc12. The van der Waals surface area contributed by atoms with Crippen LogP contribution in [0.25, 0.3) is 137 Å². The first-order valence-corrected chi connectivity index (χ1v) is 42.6. The van der Waals surface area contributed by atoms with Gasteiger partial charge < -0.3 is 32.3 Å². The Kier molecular flexibility index (Phi) is 14.2. The first kappa shape index (κ1) is 66.6. The van der Waals surface area contributed by atoms with E-state index in [1.165, 1.54) is 54.9 Å². The van der Waals surface area contributed by atoms with Crippen LogP contribution >= 0.6 is 0 Å². The smallest absolute Gasteiger partial charge is 0.252 e. The lowest BCUT2D eigenvalue weighted by Crippen LogP contribution is -2.61. The van der Waals surface area contributed by atoms with Gasteiger partial charge in [-0.1, -0.05) is 291 Å². The lowest BCUT2D eigenvalue weighted by molar-refractivity contribution is 0.569. The Balaban J connectivity index is 0.881. The number of rotatable bonds is 6. The van der Waals surface area contributed by atoms with E-state index in [9.17, 15) is 5.48 Å². The highest BCUT2D eigenvalue weighted by molar-refractivity contribution is 7.00. The molecule has 0 fully saturated rings. The number of hydrogen-bond acceptors (Lipinski definition) is 4. The van der Waals surface area contributed by atoms with Crippen LogP contribution in [-0.4, -0.2) is 20.4 Å². The molecule has 0 radical (unpaired) electrons. The maximum Gasteiger partial charge on any atom is 0.252 e. The number of aromatic nitrogens is 3. The summed E-state index contributed by atoms with van der Waals surface area (Å²) in [5.74, 6) is 0. The van der Waals surface area contributed by atoms with Crippen LogP contribution < -0.4 is 26.2 Å². The van der Waals surface area contributed by atoms with Gasteiger partial charge in [-0.2, -0.15) is 0 Å². The zero-order valence-electron chi connectivity index (χ0n) is 80.8. The molecule has 8 heteroatoms. The molecule has 120 heavy (non-hydrogen) atoms. The van der Waals surface area contributed by atoms with Crippen molar-refractivity contribution in [2.24, 2.45) is 0 Å². The van der Waals surface area contributed by atoms with Crippen LogP contribution in [0.15, 0.2) is 269 Å². The number of hydrogen-bond donors (Lipinski definition) is 0. The van der Waals surface area contributed by atoms with E-state index in [1.807, 2.05) is 18.2 Å². The molecule has 0 amide bonds. The highest BCUT2D eigenvalue weighted by Gasteiger charge is 2.46. The molecule has 0 N–H and O–H groups in total. The highest BCUT2D eigenvalue weighted by atomic mass is 16.3. The zero-order chi connectivity index (χ0) is 90.4. The molecule has 0 saturated heterocycles. The normalized spacial score (nSPS) is 14.8. The molecule has 2 aliphatic heterocycles. The summed E-state index contributed by atoms with van der Waals surface area (Å²) in [6, 6.07) is 76.0. The number of para-hydroxylation sites is 6. The van der Waals surface area contributed by atoms with Gasteiger partial charge in [0.05, 0.1) is 66.8 Å². The molecule has 14 aromatic carbocycles. The van der Waals surface area contributed by atoms with E-state index in [0.717, 1.165) is 128 Å². The average molecular weight is 1570 g/mol. The fourth-order valence-electron chi connectivity index (χ4n) is 19.3. The number of anilines is 6. The maximum absolute atomic E-state index is 9.69. The van der Waals surface area contributed by atoms with Gasteiger partial charge in [-0.15, -0.1) is 0 Å². The molecule has 0 atom stereocenters. The summed E-state index contributed by atoms with van der Waals surface area (Å²) < 4.78 is 96.7. The Labute approximate surface area is 716 Å². The lowest BCUT2D eigenvalue weighted by Gasteiger charge is -2.45. The van der Waals surface area contributed by atoms with Crippen LogP contribution in [0.4, 0.5) is 34.1 Å². The van der Waals surface area contributed by atoms with Gasteiger partial charge in [-0.25, -0.2) is 0 Å². The molecule has 5 aromatic heterocycles. The Morgan fingerprint density at radius 2 is 0.575 bits per heavy atom. The Bertz CT molecular complexity index is 7870. The highest BCUT2D eigenvalue weighted by Crippen LogP contribution is 2.54. The van der Waals surface area contributed by atoms with Crippen molar-refractivity contribution in [2.45, 2.75) is 183 Å². The number of nitrogens with zero attached hydrogens (tertiary/aromatic N) is 5. The zero-order valence-corrected chi connectivity index (χ0v) is 72.8. The summed E-state index contributed by atoms with van der Waals surface area (Å²) in [4.78, 5) is 4.95. The van der Waals surface area contributed by atoms with Crippen molar-refractivity contribution in [3.63, 3.8) is 0 Å². The molecular weight excluding hydrogens is 1460 g/mol. The van der Waals surface area contributed by atoms with Crippen LogP contribution in [0.1, 0.15) is 195 Å². The molecule has 0 unspecified atom stereocenters. The Morgan fingerprint density at radius 1 is 0.242 bits per heavy atom. The van der Waals surface area contributed by atoms with Crippen LogP contribution in [0.3, 0.4) is 0 Å². The van der Waals surface area contributed by atoms with Gasteiger partial charge in [0.2, 0.25) is 0 Å². The van der Waals surface area contributed by atoms with Crippen molar-refractivity contribution in [3.8, 4) is 28.2 Å². The van der Waals surface area contributed by atoms with Crippen LogP contribution in [-0.2, 0) is 37.9 Å². The summed E-state index contributed by atoms with van der Waals surface area (Å²) in [6.07, 6.45) is 0. The minimum Gasteiger partial charge on any atom is -0.452 e. The summed E-state index contributed by atoms with van der Waals surface area (Å²) in [6.45, 7) is 47.8. The summed E-state index contributed by atoms with van der Waals surface area (Å²) >= 11 is 0. The summed E-state index contributed by atoms with van der Waals surface area (Å²) in [7, 11) is 0. The molecular formula is C112H106BN5O2. The standard InChI is InChI=1S/C112H106BN5O2/c1-106(2,3)67-43-50-89-81(58-67)82-59-68(107(4,5)6)44-51-90(82)114(89)74-47-49-86-98(64-74)118(96-41-29-35-80-77-32-26-38-93(102(77)119-105(80)96)115-87-36-24-22-30-75(87)76-31-23-25-37-88(76)115)100-63-73(112(19,20)21)62-99-101(100)113(86)85-48-42-65(66-54-71(110(13,14)15)57-72(55-66)111(16,17)18)56-97(85)117(99)95-40-28-34-79-78-33-27-39-94(103(78)120-104(79)95)116-91-52-45-69(108(7,8)9)60-83(91)84-61-70(109(10,11)12)46-53-92(84)116/h22-64H,1-21H3/i22D,23D,24D,25D,30D,31D,36D,37D. The van der Waals surface area contributed by atoms with E-state index in [1.54, 1.807) is 4.57 Å². The number of fused-ring (bicyclic) bond motifs is 19. The van der Waals surface area contributed by atoms with Gasteiger partial charge in [0, 0.05) is 82.3 Å². The molecule has 7 nitrogen and oxygen atoms in total. The minimum atomic E-state index is -0.512. The molecule has 7 heterocycles. The molecule has 0 bridgehead atoms. The second-order valence-corrected chi connectivity index (χ2v) is 41.3. The van der Waals surface area contributed by atoms with Gasteiger partial charge in [0.15, 0.2) is 22.3 Å². The van der Waals surface area contributed by atoms with Gasteiger partial charge in [-0.05, 0) is 220 Å². The van der Waals surface area contributed by atoms with Gasteiger partial charge >= 0.3 is 0 Å². The lowest BCUT2D eigenvalue weighted by atomic mass is 9.33. The Hall–Kier alpha value is -12.3. The van der Waals surface area contributed by atoms with Crippen molar-refractivity contribution < 1.29 is 19.8 Å². The molecule has 2 aliphatic rings. The Morgan fingerprint density at radius 3 is 0.967 bits per heavy atom. The summed E-state index contributed by atoms with van der Waals surface area (Å²) in [5.41, 5.74) is 27.2. The number of benzene rings is 14. The predicted molar refractivity (Wildman–Crippen MR) is 514 cm³/mol. The quantitative estimate of drug-likeness (QED) is 0.156. The molecule has 0 spiro atoms. The van der Waals surface area contributed by atoms with Crippen LogP contribution in [0, 0.1) is 0 Å². The molecule has 594 valence electrons. The second kappa shape index (κ2) is 25.6. The van der Waals surface area contributed by atoms with Crippen molar-refractivity contribution in [2.75, 3.05) is 9.80 Å². The second-order valence-electron chi connectivity index (χ2n) is 41.3. The summed E-state index contributed by atoms with van der Waals surface area (Å²) in [5, 5.41) is 8.10. The third-order valence-corrected chi connectivity index (χ3v) is 26.1. The molecule has 0 aliphatic carbocycles. The van der Waals surface area contributed by atoms with Crippen LogP contribution in [0.5, 0.6) is 0 Å². The van der Waals surface area contributed by atoms with Gasteiger partial charge in [0.1, 0.15) is 0 Å². The van der Waals surface area contributed by atoms with Crippen molar-refractivity contribution in [1.29, 1.82) is 0 Å². The number of furan rings is 2. The van der Waals surface area contributed by atoms with E-state index in [0.29, 0.717) is 22.2 Å². The van der Waals surface area contributed by atoms with E-state index in [-0.39, 0.29) is 54.3 Å². The molecule has 19 aromatic rings. The van der Waals surface area contributed by atoms with E-state index < -0.39 is 60.5 Å². The van der Waals surface area contributed by atoms with E-state index >= 15 is 0 Å². The van der Waals surface area contributed by atoms with E-state index in [2.05, 4.69) is 358 Å². The van der Waals surface area contributed by atoms with Crippen molar-refractivity contribution in [3.05, 3.63) is 300 Å². The molecule has 0 saturated carbocycles. The monoisotopic (exact) mass is 1570 g/mol. The minimum absolute atomic E-state index is 0.00560. The fourth-order valence-corrected chi connectivity index (χ4v) is 19.3. The molecule has 21 rings (SSSR count). The largest absolute Gasteiger partial charge is 0.452 e. The van der Waals surface area contributed by atoms with E-state index in [4.69, 9.17) is 14.3 Å². The third-order valence-electron chi connectivity index (χ3n) is 26.1. The first-order chi connectivity index (χ1) is 60.3. The topological polar surface area (TPSA) is 47.6 Å². The van der Waals surface area contributed by atoms with Crippen molar-refractivity contribution >= 4 is 167 Å². The van der Waals surface area contributed by atoms with Gasteiger partial charge in [0.25, 0.3) is 6.71 Å². The van der Waals surface area contributed by atoms with Gasteiger partial charge in [-0.3, -0.25) is 0 Å². The predicted octanol–water partition coefficient (Wildman–Crippen LogP) is 29.6. The average Bonchev–Trinajstić information content (AvgIpc) is 1.14. The van der Waals surface area contributed by atoms with Crippen molar-refractivity contribution in [1.82, 2.24) is 13.7 Å². The maximum atomic E-state index is 9.69. The third kappa shape index (κ3) is 11.5.